The number of unbranched alkanes of at least 4 members (excludes halogenated alkanes) is 2. The fourth-order valence-corrected chi connectivity index (χ4v) is 2.33. The topological polar surface area (TPSA) is 68.1 Å². The number of hydrogen-bond acceptors (Lipinski definition) is 5. The maximum Gasteiger partial charge on any atom is 0.301 e. The van der Waals surface area contributed by atoms with Gasteiger partial charge in [0, 0.05) is 13.1 Å². The molecule has 0 unspecified atom stereocenters. The summed E-state index contributed by atoms with van der Waals surface area (Å²) in [7, 11) is 1.75. The Morgan fingerprint density at radius 1 is 1.47 bits per heavy atom. The molecule has 0 aromatic carbocycles. The van der Waals surface area contributed by atoms with Crippen molar-refractivity contribution < 1.29 is 4.92 Å². The lowest BCUT2D eigenvalue weighted by Gasteiger charge is -2.04. The lowest BCUT2D eigenvalue weighted by molar-refractivity contribution is -0.388. The van der Waals surface area contributed by atoms with E-state index in [0.29, 0.717) is 10.8 Å². The van der Waals surface area contributed by atoms with E-state index in [2.05, 4.69) is 17.2 Å². The van der Waals surface area contributed by atoms with Crippen molar-refractivity contribution in [1.82, 2.24) is 4.98 Å². The molecule has 6 heteroatoms. The van der Waals surface area contributed by atoms with Gasteiger partial charge >= 0.3 is 5.69 Å². The highest BCUT2D eigenvalue weighted by molar-refractivity contribution is 7.99. The number of rotatable bonds is 7. The number of thioether (sulfide) groups is 1. The smallest absolute Gasteiger partial charge is 0.301 e. The van der Waals surface area contributed by atoms with Crippen LogP contribution in [0.2, 0.25) is 0 Å². The van der Waals surface area contributed by atoms with Gasteiger partial charge in [0.25, 0.3) is 0 Å². The predicted octanol–water partition coefficient (Wildman–Crippen LogP) is 3.31. The lowest BCUT2D eigenvalue weighted by atomic mass is 10.3. The van der Waals surface area contributed by atoms with Gasteiger partial charge in [0.2, 0.25) is 0 Å². The number of aromatic nitrogens is 1. The average Bonchev–Trinajstić information content (AvgIpc) is 2.34. The van der Waals surface area contributed by atoms with Gasteiger partial charge in [-0.15, -0.1) is 0 Å². The largest absolute Gasteiger partial charge is 0.373 e. The molecule has 94 valence electrons. The van der Waals surface area contributed by atoms with Crippen LogP contribution < -0.4 is 5.32 Å². The van der Waals surface area contributed by atoms with Crippen LogP contribution in [0.5, 0.6) is 0 Å². The van der Waals surface area contributed by atoms with Crippen molar-refractivity contribution in [2.45, 2.75) is 31.2 Å². The molecule has 0 aliphatic rings. The van der Waals surface area contributed by atoms with Crippen molar-refractivity contribution in [3.05, 3.63) is 22.2 Å². The number of pyridine rings is 1. The van der Waals surface area contributed by atoms with E-state index in [1.165, 1.54) is 17.8 Å². The summed E-state index contributed by atoms with van der Waals surface area (Å²) in [5, 5.41) is 14.2. The van der Waals surface area contributed by atoms with E-state index in [4.69, 9.17) is 0 Å². The maximum absolute atomic E-state index is 10.8. The van der Waals surface area contributed by atoms with Crippen molar-refractivity contribution in [1.29, 1.82) is 0 Å². The minimum atomic E-state index is -0.380. The Labute approximate surface area is 105 Å². The van der Waals surface area contributed by atoms with Crippen LogP contribution in [0.1, 0.15) is 26.2 Å². The van der Waals surface area contributed by atoms with Gasteiger partial charge in [0.15, 0.2) is 5.03 Å². The molecule has 0 aliphatic carbocycles. The summed E-state index contributed by atoms with van der Waals surface area (Å²) >= 11 is 1.45. The van der Waals surface area contributed by atoms with E-state index >= 15 is 0 Å². The van der Waals surface area contributed by atoms with Crippen LogP contribution >= 0.6 is 11.8 Å². The third-order valence-corrected chi connectivity index (χ3v) is 3.35. The Morgan fingerprint density at radius 3 is 2.82 bits per heavy atom. The average molecular weight is 255 g/mol. The summed E-state index contributed by atoms with van der Waals surface area (Å²) in [5.74, 6) is 1.53. The quantitative estimate of drug-likeness (QED) is 0.350. The molecular weight excluding hydrogens is 238 g/mol. The van der Waals surface area contributed by atoms with Gasteiger partial charge in [-0.1, -0.05) is 31.5 Å². The number of nitrogens with one attached hydrogen (secondary N) is 1. The van der Waals surface area contributed by atoms with E-state index in [0.717, 1.165) is 25.0 Å². The van der Waals surface area contributed by atoms with Gasteiger partial charge in [-0.2, -0.15) is 0 Å². The second-order valence-corrected chi connectivity index (χ2v) is 4.67. The molecule has 1 aromatic heterocycles. The molecule has 0 aliphatic heterocycles. The van der Waals surface area contributed by atoms with Gasteiger partial charge < -0.3 is 5.32 Å². The zero-order chi connectivity index (χ0) is 12.7. The van der Waals surface area contributed by atoms with Gasteiger partial charge in [0.1, 0.15) is 5.82 Å². The molecule has 0 bridgehead atoms. The predicted molar refractivity (Wildman–Crippen MR) is 70.7 cm³/mol. The zero-order valence-electron chi connectivity index (χ0n) is 10.1. The van der Waals surface area contributed by atoms with Crippen LogP contribution in [0.3, 0.4) is 0 Å². The Balaban J connectivity index is 2.75. The van der Waals surface area contributed by atoms with Crippen LogP contribution in [-0.2, 0) is 0 Å². The Kier molecular flexibility index (Phi) is 5.76. The van der Waals surface area contributed by atoms with Crippen LogP contribution in [0.25, 0.3) is 0 Å². The van der Waals surface area contributed by atoms with Gasteiger partial charge in [-0.05, 0) is 18.2 Å². The van der Waals surface area contributed by atoms with E-state index in [-0.39, 0.29) is 10.6 Å². The van der Waals surface area contributed by atoms with Crippen LogP contribution in [-0.4, -0.2) is 22.7 Å². The fraction of sp³-hybridized carbons (Fsp3) is 0.545. The van der Waals surface area contributed by atoms with Crippen molar-refractivity contribution >= 4 is 23.3 Å². The molecule has 1 aromatic rings. The molecular formula is C11H17N3O2S. The van der Waals surface area contributed by atoms with Crippen molar-refractivity contribution in [2.24, 2.45) is 0 Å². The molecule has 17 heavy (non-hydrogen) atoms. The van der Waals surface area contributed by atoms with Crippen molar-refractivity contribution in [2.75, 3.05) is 18.1 Å². The Morgan fingerprint density at radius 2 is 2.24 bits per heavy atom. The molecule has 5 nitrogen and oxygen atoms in total. The SMILES string of the molecule is CCCCCSc1nc(NC)ccc1[N+](=O)[O-]. The highest BCUT2D eigenvalue weighted by atomic mass is 32.2. The standard InChI is InChI=1S/C11H17N3O2S/c1-3-4-5-8-17-11-9(14(15)16)6-7-10(12-2)13-11/h6-7H,3-5,8H2,1-2H3,(H,12,13). The summed E-state index contributed by atoms with van der Waals surface area (Å²) < 4.78 is 0. The van der Waals surface area contributed by atoms with Crippen LogP contribution in [0.15, 0.2) is 17.2 Å². The van der Waals surface area contributed by atoms with Crippen molar-refractivity contribution in [3.63, 3.8) is 0 Å². The third kappa shape index (κ3) is 4.22. The third-order valence-electron chi connectivity index (χ3n) is 2.28. The molecule has 0 fully saturated rings. The molecule has 0 radical (unpaired) electrons. The summed E-state index contributed by atoms with van der Waals surface area (Å²) in [5.41, 5.74) is 0.0884. The molecule has 0 atom stereocenters. The number of hydrogen-bond donors (Lipinski definition) is 1. The minimum Gasteiger partial charge on any atom is -0.373 e. The fourth-order valence-electron chi connectivity index (χ4n) is 1.34. The maximum atomic E-state index is 10.8. The van der Waals surface area contributed by atoms with E-state index < -0.39 is 0 Å². The summed E-state index contributed by atoms with van der Waals surface area (Å²) in [4.78, 5) is 14.7. The first-order valence-corrected chi connectivity index (χ1v) is 6.63. The lowest BCUT2D eigenvalue weighted by Crippen LogP contribution is -1.98. The van der Waals surface area contributed by atoms with E-state index in [1.54, 1.807) is 13.1 Å². The molecule has 1 rings (SSSR count). The van der Waals surface area contributed by atoms with E-state index in [9.17, 15) is 10.1 Å². The number of nitrogens with zero attached hydrogens (tertiary/aromatic N) is 2. The molecule has 0 saturated carbocycles. The van der Waals surface area contributed by atoms with Crippen LogP contribution in [0.4, 0.5) is 11.5 Å². The molecule has 1 N–H and O–H groups in total. The van der Waals surface area contributed by atoms with E-state index in [1.807, 2.05) is 0 Å². The van der Waals surface area contributed by atoms with Gasteiger partial charge in [-0.3, -0.25) is 10.1 Å². The normalized spacial score (nSPS) is 10.2. The monoisotopic (exact) mass is 255 g/mol. The highest BCUT2D eigenvalue weighted by Crippen LogP contribution is 2.29. The Bertz CT molecular complexity index is 385. The highest BCUT2D eigenvalue weighted by Gasteiger charge is 2.15. The molecule has 1 heterocycles. The summed E-state index contributed by atoms with van der Waals surface area (Å²) in [6.07, 6.45) is 3.35. The molecule has 0 saturated heterocycles. The zero-order valence-corrected chi connectivity index (χ0v) is 10.9. The Hall–Kier alpha value is -1.30. The summed E-state index contributed by atoms with van der Waals surface area (Å²) in [6.45, 7) is 2.13. The number of nitro groups is 1. The van der Waals surface area contributed by atoms with Gasteiger partial charge in [0.05, 0.1) is 4.92 Å². The second kappa shape index (κ2) is 7.11. The van der Waals surface area contributed by atoms with Crippen molar-refractivity contribution in [3.8, 4) is 0 Å². The molecule has 0 spiro atoms. The molecule has 0 amide bonds. The van der Waals surface area contributed by atoms with Gasteiger partial charge in [-0.25, -0.2) is 4.98 Å². The minimum absolute atomic E-state index is 0.0884. The second-order valence-electron chi connectivity index (χ2n) is 3.58. The first-order chi connectivity index (χ1) is 8.19. The first kappa shape index (κ1) is 13.8. The number of anilines is 1. The van der Waals surface area contributed by atoms with Crippen LogP contribution in [0, 0.1) is 10.1 Å². The summed E-state index contributed by atoms with van der Waals surface area (Å²) in [6, 6.07) is 3.12. The first-order valence-electron chi connectivity index (χ1n) is 5.65.